The number of allylic oxidation sites excluding steroid dienone is 7. The van der Waals surface area contributed by atoms with Crippen LogP contribution in [-0.2, 0) is 90.6 Å². The first kappa shape index (κ1) is 86.6. The largest absolute Gasteiger partial charge is 0.504 e. The van der Waals surface area contributed by atoms with Crippen LogP contribution in [0.1, 0.15) is 191 Å². The number of hydrogen-bond acceptors (Lipinski definition) is 24. The van der Waals surface area contributed by atoms with Crippen molar-refractivity contribution in [3.8, 4) is 0 Å². The van der Waals surface area contributed by atoms with Gasteiger partial charge in [0.05, 0.1) is 42.6 Å². The lowest BCUT2D eigenvalue weighted by Crippen LogP contribution is -2.61. The highest BCUT2D eigenvalue weighted by molar-refractivity contribution is 6.39. The molecule has 8 rings (SSSR count). The number of fused-ring (bicyclic) bond motifs is 7. The van der Waals surface area contributed by atoms with Crippen LogP contribution in [0.25, 0.3) is 0 Å². The van der Waals surface area contributed by atoms with Crippen molar-refractivity contribution in [2.45, 2.75) is 258 Å². The molecule has 18 atom stereocenters. The third kappa shape index (κ3) is 20.0. The fraction of sp³-hybridized carbons (Fsp3) is 0.711. The van der Waals surface area contributed by atoms with Gasteiger partial charge in [0.1, 0.15) is 54.6 Å². The third-order valence-corrected chi connectivity index (χ3v) is 24.3. The van der Waals surface area contributed by atoms with Crippen LogP contribution in [0.5, 0.6) is 0 Å². The Bertz CT molecular complexity index is 3540. The summed E-state index contributed by atoms with van der Waals surface area (Å²) in [6.07, 6.45) is 10.4. The average Bonchev–Trinajstić information content (AvgIpc) is 1.15. The summed E-state index contributed by atoms with van der Waals surface area (Å²) in [5.41, 5.74) is -0.566. The summed E-state index contributed by atoms with van der Waals surface area (Å²) in [6.45, 7) is 18.6. The Kier molecular flexibility index (Phi) is 30.3. The summed E-state index contributed by atoms with van der Waals surface area (Å²) in [6, 6.07) is -1.23. The van der Waals surface area contributed by atoms with E-state index in [2.05, 4.69) is 0 Å². The Morgan fingerprint density at radius 3 is 2.15 bits per heavy atom. The van der Waals surface area contributed by atoms with Crippen LogP contribution in [0.15, 0.2) is 81.9 Å². The highest BCUT2D eigenvalue weighted by Crippen LogP contribution is 2.64. The molecule has 4 aliphatic carbocycles. The molecule has 3 N–H and O–H groups in total. The standard InChI is InChI=1S/C83H121N3O22/c1-47-23-18-17-19-24-48(2)62(101-15)42-57-29-26-53(7)83(99,108-57)77(95)78(96)86-38-21-20-25-60(86)80(98)105-63(43-61(88)49(3)40-52(6)73(92)76(102-16)72(91)51(5)39-47)50(4)41-55-27-30-56(31-28-55)104-67(89)34-35-68(90)106-65-33-32-59-69-71(64(103-54(8)87)44-81(59,65)9)82(10)66(46-100-14)107-79(97)58(70(82)75(94)74(69)93)45-85(13)37-22-36-84(11)12/h17-19,23-24,40,45,47,49-51,53,55-57,59-60,62-66,73,76,92,94,99H,20-22,25-39,41-44,46H2,1-16H3/b19-17+,23-18+,48-24+,52-40+,58-45+/t47-,49-,50-,51-,53-,55?,56?,57+,59?,60+,62+,63+,64-,65+,66-,73-,76+,81+,82+,83-/m1/s1. The van der Waals surface area contributed by atoms with Crippen molar-refractivity contribution in [1.29, 1.82) is 0 Å². The molecule has 4 heterocycles. The second-order valence-electron chi connectivity index (χ2n) is 32.7. The van der Waals surface area contributed by atoms with E-state index in [1.165, 1.54) is 21.1 Å². The van der Waals surface area contributed by atoms with Gasteiger partial charge in [0, 0.05) is 102 Å². The average molecular weight is 1510 g/mol. The van der Waals surface area contributed by atoms with Crippen molar-refractivity contribution in [2.24, 2.45) is 52.3 Å². The third-order valence-electron chi connectivity index (χ3n) is 24.3. The predicted octanol–water partition coefficient (Wildman–Crippen LogP) is 9.59. The molecule has 2 bridgehead atoms. The monoisotopic (exact) mass is 1510 g/mol. The summed E-state index contributed by atoms with van der Waals surface area (Å²) in [5, 5.41) is 36.0. The van der Waals surface area contributed by atoms with Crippen LogP contribution in [0.3, 0.4) is 0 Å². The number of aliphatic hydroxyl groups excluding tert-OH is 2. The van der Waals surface area contributed by atoms with Gasteiger partial charge in [0.25, 0.3) is 11.7 Å². The van der Waals surface area contributed by atoms with Crippen molar-refractivity contribution in [3.63, 3.8) is 0 Å². The fourth-order valence-electron chi connectivity index (χ4n) is 18.0. The topological polar surface area (TPSA) is 324 Å². The van der Waals surface area contributed by atoms with Crippen molar-refractivity contribution in [3.05, 3.63) is 81.9 Å². The minimum Gasteiger partial charge on any atom is -0.504 e. The molecule has 1 unspecified atom stereocenters. The molecule has 1 amide bonds. The molecule has 8 aliphatic rings. The van der Waals surface area contributed by atoms with Gasteiger partial charge >= 0.3 is 29.8 Å². The lowest BCUT2D eigenvalue weighted by molar-refractivity contribution is -0.265. The second kappa shape index (κ2) is 37.8. The summed E-state index contributed by atoms with van der Waals surface area (Å²) in [4.78, 5) is 147. The van der Waals surface area contributed by atoms with E-state index in [0.29, 0.717) is 94.7 Å². The van der Waals surface area contributed by atoms with Gasteiger partial charge < -0.3 is 72.7 Å². The Labute approximate surface area is 637 Å². The number of methoxy groups -OCH3 is 3. The highest BCUT2D eigenvalue weighted by Gasteiger charge is 2.65. The number of hydrogen-bond donors (Lipinski definition) is 3. The molecule has 5 fully saturated rings. The number of cyclic esters (lactones) is 2. The van der Waals surface area contributed by atoms with E-state index in [4.69, 9.17) is 42.6 Å². The van der Waals surface area contributed by atoms with Gasteiger partial charge in [-0.05, 0) is 178 Å². The van der Waals surface area contributed by atoms with E-state index in [1.807, 2.05) is 77.1 Å². The van der Waals surface area contributed by atoms with Crippen LogP contribution >= 0.6 is 0 Å². The Morgan fingerprint density at radius 2 is 1.49 bits per heavy atom. The molecule has 3 saturated heterocycles. The number of ketones is 4. The van der Waals surface area contributed by atoms with Gasteiger partial charge in [0.2, 0.25) is 11.6 Å². The van der Waals surface area contributed by atoms with Crippen molar-refractivity contribution in [2.75, 3.05) is 68.7 Å². The molecule has 0 spiro atoms. The molecule has 4 aliphatic heterocycles. The van der Waals surface area contributed by atoms with E-state index in [9.17, 15) is 63.3 Å². The van der Waals surface area contributed by atoms with Crippen LogP contribution in [0, 0.1) is 52.3 Å². The van der Waals surface area contributed by atoms with Crippen molar-refractivity contribution >= 4 is 58.9 Å². The van der Waals surface area contributed by atoms with Crippen LogP contribution in [-0.4, -0.2) is 224 Å². The van der Waals surface area contributed by atoms with Crippen molar-refractivity contribution in [1.82, 2.24) is 14.7 Å². The first-order valence-corrected chi connectivity index (χ1v) is 39.0. The van der Waals surface area contributed by atoms with Crippen LogP contribution < -0.4 is 0 Å². The number of nitrogens with zero attached hydrogens (tertiary/aromatic N) is 3. The number of Topliss-reactive ketones (excluding diaryl/α,β-unsaturated/α-hetero) is 4. The minimum absolute atomic E-state index is 0.00562. The van der Waals surface area contributed by atoms with E-state index in [0.717, 1.165) is 23.4 Å². The minimum atomic E-state index is -2.50. The predicted molar refractivity (Wildman–Crippen MR) is 398 cm³/mol. The fourth-order valence-corrected chi connectivity index (χ4v) is 18.0. The molecular weight excluding hydrogens is 1390 g/mol. The normalized spacial score (nSPS) is 36.8. The van der Waals surface area contributed by atoms with E-state index >= 15 is 0 Å². The number of aliphatic hydroxyl groups is 3. The number of piperidine rings is 1. The second-order valence-corrected chi connectivity index (χ2v) is 32.7. The van der Waals surface area contributed by atoms with E-state index < -0.39 is 160 Å². The van der Waals surface area contributed by atoms with Crippen LogP contribution in [0.2, 0.25) is 0 Å². The molecule has 0 radical (unpaired) electrons. The zero-order valence-corrected chi connectivity index (χ0v) is 66.6. The van der Waals surface area contributed by atoms with Gasteiger partial charge in [-0.2, -0.15) is 0 Å². The molecular formula is C83H121N3O22. The number of ether oxygens (including phenoxy) is 9. The Hall–Kier alpha value is -7.00. The van der Waals surface area contributed by atoms with E-state index in [-0.39, 0.29) is 91.8 Å². The smallest absolute Gasteiger partial charge is 0.340 e. The van der Waals surface area contributed by atoms with Gasteiger partial charge in [-0.1, -0.05) is 78.0 Å². The molecule has 0 aromatic carbocycles. The van der Waals surface area contributed by atoms with Gasteiger partial charge in [-0.25, -0.2) is 9.59 Å². The number of carbonyl (C=O) groups is 10. The highest BCUT2D eigenvalue weighted by atomic mass is 16.6. The molecule has 108 heavy (non-hydrogen) atoms. The number of amides is 1. The van der Waals surface area contributed by atoms with Gasteiger partial charge in [0.15, 0.2) is 11.5 Å². The lowest BCUT2D eigenvalue weighted by Gasteiger charge is -2.54. The molecule has 0 aromatic rings. The van der Waals surface area contributed by atoms with Crippen LogP contribution in [0.4, 0.5) is 0 Å². The Morgan fingerprint density at radius 1 is 0.796 bits per heavy atom. The summed E-state index contributed by atoms with van der Waals surface area (Å²) in [5.74, 6) is -13.4. The molecule has 600 valence electrons. The molecule has 25 nitrogen and oxygen atoms in total. The zero-order valence-electron chi connectivity index (χ0n) is 66.6. The molecule has 0 aromatic heterocycles. The maximum Gasteiger partial charge on any atom is 0.340 e. The summed E-state index contributed by atoms with van der Waals surface area (Å²) in [7, 11) is 10.1. The Balaban J connectivity index is 0.938. The zero-order chi connectivity index (χ0) is 79.4. The molecule has 25 heteroatoms. The lowest BCUT2D eigenvalue weighted by atomic mass is 9.53. The first-order chi connectivity index (χ1) is 51.0. The maximum absolute atomic E-state index is 14.9. The summed E-state index contributed by atoms with van der Waals surface area (Å²) >= 11 is 0. The molecule has 2 saturated carbocycles. The van der Waals surface area contributed by atoms with Crippen molar-refractivity contribution < 1.29 is 106 Å². The van der Waals surface area contributed by atoms with Gasteiger partial charge in [-0.3, -0.25) is 38.4 Å². The number of rotatable bonds is 18. The summed E-state index contributed by atoms with van der Waals surface area (Å²) < 4.78 is 54.2. The SMILES string of the molecule is COC[C@H]1OC(=O)/C(=C/N(C)CCCN(C)C)C2=C(O)C(=O)C3=C([C@H](OC(C)=O)C[C@@]4(C)C3CC[C@@H]4OC(=O)CCC(=O)OC3CCC(C[C@@H](C)[C@@H]4CC(=O)[C@H](C)/C=C(\C)[C@@H](O)[C@@H](OC)C(=O)[C@H](C)C[C@H](C)/C=C/C=C/C=C(\C)[C@@H](OC)C[C@@H]5CC[C@@H](C)[C@@](O)(O5)C(=O)C(=O)N5CCCC[C@H]5C(=O)O4)CC3)[C@]21C. The maximum atomic E-state index is 14.9. The number of esters is 5. The van der Waals surface area contributed by atoms with E-state index in [1.54, 1.807) is 66.0 Å². The first-order valence-electron chi connectivity index (χ1n) is 39.0. The quantitative estimate of drug-likeness (QED) is 0.0378. The number of carbonyl (C=O) groups excluding carboxylic acids is 10. The van der Waals surface area contributed by atoms with Gasteiger partial charge in [-0.15, -0.1) is 0 Å².